The van der Waals surface area contributed by atoms with E-state index in [0.29, 0.717) is 0 Å². The normalized spacial score (nSPS) is 10.6. The Labute approximate surface area is 99.7 Å². The molecule has 2 N–H and O–H groups in total. The number of rotatable bonds is 4. The summed E-state index contributed by atoms with van der Waals surface area (Å²) in [6, 6.07) is 7.98. The van der Waals surface area contributed by atoms with Gasteiger partial charge in [-0.15, -0.1) is 11.8 Å². The molecule has 0 aliphatic rings. The van der Waals surface area contributed by atoms with Crippen molar-refractivity contribution in [3.8, 4) is 0 Å². The van der Waals surface area contributed by atoms with Gasteiger partial charge in [0.1, 0.15) is 0 Å². The highest BCUT2D eigenvalue weighted by atomic mass is 32.2. The molecule has 2 rings (SSSR count). The van der Waals surface area contributed by atoms with Crippen molar-refractivity contribution in [1.29, 1.82) is 0 Å². The zero-order chi connectivity index (χ0) is 11.4. The number of aromatic nitrogens is 2. The minimum absolute atomic E-state index is 0.828. The van der Waals surface area contributed by atoms with Crippen LogP contribution in [0.2, 0.25) is 0 Å². The fourth-order valence-corrected chi connectivity index (χ4v) is 2.47. The van der Waals surface area contributed by atoms with E-state index in [-0.39, 0.29) is 0 Å². The third-order valence-electron chi connectivity index (χ3n) is 2.34. The molecule has 1 aromatic carbocycles. The van der Waals surface area contributed by atoms with Crippen molar-refractivity contribution in [2.75, 3.05) is 11.5 Å². The highest BCUT2D eigenvalue weighted by molar-refractivity contribution is 7.99. The Morgan fingerprint density at radius 1 is 1.44 bits per heavy atom. The van der Waals surface area contributed by atoms with Gasteiger partial charge in [-0.2, -0.15) is 5.10 Å². The van der Waals surface area contributed by atoms with Crippen LogP contribution in [0.5, 0.6) is 0 Å². The van der Waals surface area contributed by atoms with Gasteiger partial charge in [0.15, 0.2) is 0 Å². The second kappa shape index (κ2) is 5.07. The van der Waals surface area contributed by atoms with Crippen LogP contribution in [0.3, 0.4) is 0 Å². The van der Waals surface area contributed by atoms with Gasteiger partial charge in [0, 0.05) is 28.7 Å². The Balaban J connectivity index is 1.90. The van der Waals surface area contributed by atoms with Crippen LogP contribution in [0.4, 0.5) is 5.69 Å². The van der Waals surface area contributed by atoms with Crippen molar-refractivity contribution in [3.05, 3.63) is 42.2 Å². The standard InChI is InChI=1S/C12H15N3S/c1-10-9-11(13)3-4-12(10)16-8-7-15-6-2-5-14-15/h2-6,9H,7-8,13H2,1H3. The Hall–Kier alpha value is -1.42. The molecular weight excluding hydrogens is 218 g/mol. The lowest BCUT2D eigenvalue weighted by Crippen LogP contribution is -2.00. The van der Waals surface area contributed by atoms with Crippen molar-refractivity contribution in [3.63, 3.8) is 0 Å². The number of nitrogens with two attached hydrogens (primary N) is 1. The monoisotopic (exact) mass is 233 g/mol. The Morgan fingerprint density at radius 3 is 3.00 bits per heavy atom. The van der Waals surface area contributed by atoms with Gasteiger partial charge in [-0.1, -0.05) is 0 Å². The van der Waals surface area contributed by atoms with Crippen molar-refractivity contribution in [1.82, 2.24) is 9.78 Å². The van der Waals surface area contributed by atoms with Crippen LogP contribution in [0.25, 0.3) is 0 Å². The molecule has 1 heterocycles. The van der Waals surface area contributed by atoms with Crippen LogP contribution in [0.15, 0.2) is 41.6 Å². The molecule has 0 saturated heterocycles. The van der Waals surface area contributed by atoms with E-state index < -0.39 is 0 Å². The molecule has 0 fully saturated rings. The molecule has 0 atom stereocenters. The molecule has 0 saturated carbocycles. The number of nitrogens with zero attached hydrogens (tertiary/aromatic N) is 2. The second-order valence-electron chi connectivity index (χ2n) is 3.64. The number of benzene rings is 1. The van der Waals surface area contributed by atoms with Gasteiger partial charge >= 0.3 is 0 Å². The fraction of sp³-hybridized carbons (Fsp3) is 0.250. The van der Waals surface area contributed by atoms with Crippen LogP contribution in [-0.2, 0) is 6.54 Å². The molecule has 0 aliphatic carbocycles. The maximum absolute atomic E-state index is 5.71. The van der Waals surface area contributed by atoms with Crippen molar-refractivity contribution >= 4 is 17.4 Å². The molecular formula is C12H15N3S. The summed E-state index contributed by atoms with van der Waals surface area (Å²) in [7, 11) is 0. The predicted octanol–water partition coefficient (Wildman–Crippen LogP) is 2.57. The van der Waals surface area contributed by atoms with Crippen molar-refractivity contribution in [2.45, 2.75) is 18.4 Å². The molecule has 4 heteroatoms. The molecule has 0 bridgehead atoms. The first-order valence-electron chi connectivity index (χ1n) is 5.22. The van der Waals surface area contributed by atoms with E-state index in [4.69, 9.17) is 5.73 Å². The summed E-state index contributed by atoms with van der Waals surface area (Å²) < 4.78 is 1.94. The first-order chi connectivity index (χ1) is 7.75. The molecule has 0 aliphatic heterocycles. The molecule has 1 aromatic heterocycles. The Morgan fingerprint density at radius 2 is 2.31 bits per heavy atom. The van der Waals surface area contributed by atoms with Crippen LogP contribution in [0.1, 0.15) is 5.56 Å². The maximum Gasteiger partial charge on any atom is 0.0503 e. The van der Waals surface area contributed by atoms with E-state index >= 15 is 0 Å². The summed E-state index contributed by atoms with van der Waals surface area (Å²) in [4.78, 5) is 1.29. The number of hydrogen-bond acceptors (Lipinski definition) is 3. The first-order valence-corrected chi connectivity index (χ1v) is 6.20. The summed E-state index contributed by atoms with van der Waals surface area (Å²) >= 11 is 1.84. The lowest BCUT2D eigenvalue weighted by molar-refractivity contribution is 0.666. The average Bonchev–Trinajstić information content (AvgIpc) is 2.74. The predicted molar refractivity (Wildman–Crippen MR) is 68.5 cm³/mol. The number of hydrogen-bond donors (Lipinski definition) is 1. The summed E-state index contributed by atoms with van der Waals surface area (Å²) in [5.74, 6) is 1.02. The summed E-state index contributed by atoms with van der Waals surface area (Å²) in [5.41, 5.74) is 7.78. The fourth-order valence-electron chi connectivity index (χ4n) is 1.52. The molecule has 0 spiro atoms. The van der Waals surface area contributed by atoms with Crippen LogP contribution in [-0.4, -0.2) is 15.5 Å². The minimum atomic E-state index is 0.828. The Kier molecular flexibility index (Phi) is 3.51. The number of thioether (sulfide) groups is 1. The lowest BCUT2D eigenvalue weighted by Gasteiger charge is -2.06. The van der Waals surface area contributed by atoms with E-state index in [9.17, 15) is 0 Å². The van der Waals surface area contributed by atoms with Crippen LogP contribution >= 0.6 is 11.8 Å². The molecule has 84 valence electrons. The van der Waals surface area contributed by atoms with Crippen molar-refractivity contribution < 1.29 is 0 Å². The highest BCUT2D eigenvalue weighted by Crippen LogP contribution is 2.24. The second-order valence-corrected chi connectivity index (χ2v) is 4.78. The SMILES string of the molecule is Cc1cc(N)ccc1SCCn1cccn1. The van der Waals surface area contributed by atoms with Gasteiger partial charge in [0.25, 0.3) is 0 Å². The van der Waals surface area contributed by atoms with E-state index in [0.717, 1.165) is 18.0 Å². The zero-order valence-corrected chi connectivity index (χ0v) is 10.1. The first kappa shape index (κ1) is 11.1. The molecule has 3 nitrogen and oxygen atoms in total. The van der Waals surface area contributed by atoms with Gasteiger partial charge in [0.05, 0.1) is 6.54 Å². The van der Waals surface area contributed by atoms with E-state index in [1.807, 2.05) is 40.8 Å². The quantitative estimate of drug-likeness (QED) is 0.652. The van der Waals surface area contributed by atoms with Gasteiger partial charge in [-0.25, -0.2) is 0 Å². The third kappa shape index (κ3) is 2.79. The minimum Gasteiger partial charge on any atom is -0.399 e. The van der Waals surface area contributed by atoms with Gasteiger partial charge in [-0.3, -0.25) is 4.68 Å². The lowest BCUT2D eigenvalue weighted by atomic mass is 10.2. The van der Waals surface area contributed by atoms with Crippen molar-refractivity contribution in [2.24, 2.45) is 0 Å². The summed E-state index contributed by atoms with van der Waals surface area (Å²) in [6.45, 7) is 3.02. The van der Waals surface area contributed by atoms with Gasteiger partial charge in [0.2, 0.25) is 0 Å². The third-order valence-corrected chi connectivity index (χ3v) is 3.49. The van der Waals surface area contributed by atoms with E-state index in [2.05, 4.69) is 18.1 Å². The van der Waals surface area contributed by atoms with Crippen LogP contribution < -0.4 is 5.73 Å². The molecule has 2 aromatic rings. The molecule has 0 radical (unpaired) electrons. The van der Waals surface area contributed by atoms with E-state index in [1.54, 1.807) is 6.20 Å². The largest absolute Gasteiger partial charge is 0.399 e. The van der Waals surface area contributed by atoms with Gasteiger partial charge in [-0.05, 0) is 36.8 Å². The number of nitrogen functional groups attached to an aromatic ring is 1. The topological polar surface area (TPSA) is 43.8 Å². The smallest absolute Gasteiger partial charge is 0.0503 e. The zero-order valence-electron chi connectivity index (χ0n) is 9.26. The number of anilines is 1. The van der Waals surface area contributed by atoms with E-state index in [1.165, 1.54) is 10.5 Å². The molecule has 0 amide bonds. The highest BCUT2D eigenvalue weighted by Gasteiger charge is 1.99. The summed E-state index contributed by atoms with van der Waals surface area (Å²) in [6.07, 6.45) is 3.79. The van der Waals surface area contributed by atoms with Crippen LogP contribution in [0, 0.1) is 6.92 Å². The maximum atomic E-state index is 5.71. The summed E-state index contributed by atoms with van der Waals surface area (Å²) in [5, 5.41) is 4.17. The number of aryl methyl sites for hydroxylation is 2. The molecule has 0 unspecified atom stereocenters. The average molecular weight is 233 g/mol. The Bertz CT molecular complexity index is 451. The molecule has 16 heavy (non-hydrogen) atoms. The van der Waals surface area contributed by atoms with Gasteiger partial charge < -0.3 is 5.73 Å².